The highest BCUT2D eigenvalue weighted by molar-refractivity contribution is 6.30. The summed E-state index contributed by atoms with van der Waals surface area (Å²) >= 11 is 6.10. The van der Waals surface area contributed by atoms with Crippen LogP contribution in [-0.4, -0.2) is 29.8 Å². The maximum atomic E-state index is 10.1. The van der Waals surface area contributed by atoms with Crippen molar-refractivity contribution in [1.29, 1.82) is 5.26 Å². The van der Waals surface area contributed by atoms with Crippen LogP contribution >= 0.6 is 11.6 Å². The molecular formula is C19H20ClN3O. The molecule has 24 heavy (non-hydrogen) atoms. The highest BCUT2D eigenvalue weighted by atomic mass is 35.5. The largest absolute Gasteiger partial charge is 0.396 e. The van der Waals surface area contributed by atoms with Crippen LogP contribution in [0.1, 0.15) is 24.1 Å². The molecule has 5 heteroatoms. The van der Waals surface area contributed by atoms with E-state index < -0.39 is 0 Å². The van der Waals surface area contributed by atoms with Gasteiger partial charge in [0.15, 0.2) is 0 Å². The van der Waals surface area contributed by atoms with Gasteiger partial charge in [-0.1, -0.05) is 29.8 Å². The molecule has 0 radical (unpaired) electrons. The number of anilines is 1. The topological polar surface area (TPSA) is 60.2 Å². The fourth-order valence-corrected chi connectivity index (χ4v) is 3.69. The minimum Gasteiger partial charge on any atom is -0.396 e. The number of aliphatic hydroxyl groups is 1. The summed E-state index contributed by atoms with van der Waals surface area (Å²) in [6.45, 7) is 1.73. The minimum absolute atomic E-state index is 0.119. The number of hydrogen-bond donors (Lipinski definition) is 1. The Morgan fingerprint density at radius 2 is 2.12 bits per heavy atom. The molecule has 1 aliphatic heterocycles. The number of piperidine rings is 1. The fourth-order valence-electron chi connectivity index (χ4n) is 3.47. The number of halogens is 1. The van der Waals surface area contributed by atoms with Crippen molar-refractivity contribution in [1.82, 2.24) is 4.98 Å². The van der Waals surface area contributed by atoms with Gasteiger partial charge in [-0.15, -0.1) is 0 Å². The zero-order valence-corrected chi connectivity index (χ0v) is 14.2. The van der Waals surface area contributed by atoms with Crippen molar-refractivity contribution < 1.29 is 5.11 Å². The predicted molar refractivity (Wildman–Crippen MR) is 95.1 cm³/mol. The lowest BCUT2D eigenvalue weighted by molar-refractivity contribution is 0.105. The van der Waals surface area contributed by atoms with Gasteiger partial charge in [0.25, 0.3) is 0 Å². The van der Waals surface area contributed by atoms with Gasteiger partial charge in [-0.05, 0) is 49.1 Å². The first kappa shape index (κ1) is 16.8. The molecule has 1 N–H and O–H groups in total. The highest BCUT2D eigenvalue weighted by Crippen LogP contribution is 2.35. The third-order valence-electron chi connectivity index (χ3n) is 4.64. The van der Waals surface area contributed by atoms with Crippen LogP contribution in [0.2, 0.25) is 5.02 Å². The van der Waals surface area contributed by atoms with E-state index in [1.165, 1.54) is 0 Å². The van der Waals surface area contributed by atoms with Crippen molar-refractivity contribution >= 4 is 17.4 Å². The summed E-state index contributed by atoms with van der Waals surface area (Å²) in [4.78, 5) is 6.57. The molecule has 0 spiro atoms. The molecule has 1 unspecified atom stereocenters. The van der Waals surface area contributed by atoms with Crippen LogP contribution in [0.5, 0.6) is 0 Å². The summed E-state index contributed by atoms with van der Waals surface area (Å²) in [5, 5.41) is 19.9. The Bertz CT molecular complexity index is 758. The van der Waals surface area contributed by atoms with Gasteiger partial charge in [-0.3, -0.25) is 0 Å². The molecule has 124 valence electrons. The van der Waals surface area contributed by atoms with Crippen molar-refractivity contribution in [3.63, 3.8) is 0 Å². The Labute approximate surface area is 147 Å². The van der Waals surface area contributed by atoms with E-state index in [0.29, 0.717) is 5.69 Å². The first-order chi connectivity index (χ1) is 11.6. The zero-order valence-electron chi connectivity index (χ0n) is 13.5. The van der Waals surface area contributed by atoms with E-state index in [-0.39, 0.29) is 12.0 Å². The maximum Gasteiger partial charge on any atom is 0.142 e. The Morgan fingerprint density at radius 3 is 2.88 bits per heavy atom. The SMILES string of the molecule is N#Cc1cccc(N2CCCC(CO)(Cc3cccc(Cl)c3)C2)n1. The summed E-state index contributed by atoms with van der Waals surface area (Å²) in [7, 11) is 0. The summed E-state index contributed by atoms with van der Waals surface area (Å²) < 4.78 is 0. The number of benzene rings is 1. The lowest BCUT2D eigenvalue weighted by Crippen LogP contribution is -2.47. The zero-order chi connectivity index (χ0) is 17.0. The van der Waals surface area contributed by atoms with Crippen molar-refractivity contribution in [2.45, 2.75) is 19.3 Å². The van der Waals surface area contributed by atoms with E-state index in [1.807, 2.05) is 30.3 Å². The molecule has 3 rings (SSSR count). The Balaban J connectivity index is 1.82. The summed E-state index contributed by atoms with van der Waals surface area (Å²) in [6, 6.07) is 15.4. The maximum absolute atomic E-state index is 10.1. The van der Waals surface area contributed by atoms with Gasteiger partial charge in [0.2, 0.25) is 0 Å². The molecule has 1 fully saturated rings. The molecule has 1 saturated heterocycles. The van der Waals surface area contributed by atoms with Crippen LogP contribution in [0, 0.1) is 16.7 Å². The number of aliphatic hydroxyl groups excluding tert-OH is 1. The van der Waals surface area contributed by atoms with Gasteiger partial charge in [0, 0.05) is 23.5 Å². The molecule has 1 atom stereocenters. The standard InChI is InChI=1S/C19H20ClN3O/c20-16-5-1-4-15(10-16)11-19(14-24)8-3-9-23(13-19)18-7-2-6-17(12-21)22-18/h1-2,4-7,10,24H,3,8-9,11,13-14H2. The van der Waals surface area contributed by atoms with Crippen LogP contribution in [0.3, 0.4) is 0 Å². The summed E-state index contributed by atoms with van der Waals surface area (Å²) in [5.41, 5.74) is 1.34. The normalized spacial score (nSPS) is 20.6. The molecule has 2 heterocycles. The number of aromatic nitrogens is 1. The lowest BCUT2D eigenvalue weighted by Gasteiger charge is -2.42. The van der Waals surface area contributed by atoms with E-state index in [0.717, 1.165) is 48.8 Å². The average Bonchev–Trinajstić information content (AvgIpc) is 2.62. The molecule has 0 aliphatic carbocycles. The van der Waals surface area contributed by atoms with E-state index >= 15 is 0 Å². The fraction of sp³-hybridized carbons (Fsp3) is 0.368. The van der Waals surface area contributed by atoms with Gasteiger partial charge < -0.3 is 10.0 Å². The van der Waals surface area contributed by atoms with Gasteiger partial charge in [0.1, 0.15) is 17.6 Å². The van der Waals surface area contributed by atoms with Crippen molar-refractivity contribution in [3.8, 4) is 6.07 Å². The molecule has 2 aromatic rings. The predicted octanol–water partition coefficient (Wildman–Crippen LogP) is 3.43. The smallest absolute Gasteiger partial charge is 0.142 e. The van der Waals surface area contributed by atoms with Gasteiger partial charge in [-0.2, -0.15) is 5.26 Å². The molecule has 1 aliphatic rings. The summed E-state index contributed by atoms with van der Waals surface area (Å²) in [6.07, 6.45) is 2.72. The molecule has 1 aromatic heterocycles. The first-order valence-corrected chi connectivity index (χ1v) is 8.49. The van der Waals surface area contributed by atoms with Crippen molar-refractivity contribution in [3.05, 3.63) is 58.7 Å². The van der Waals surface area contributed by atoms with Crippen LogP contribution in [0.4, 0.5) is 5.82 Å². The van der Waals surface area contributed by atoms with E-state index in [1.54, 1.807) is 6.07 Å². The number of nitrogens with zero attached hydrogens (tertiary/aromatic N) is 3. The van der Waals surface area contributed by atoms with Crippen LogP contribution in [-0.2, 0) is 6.42 Å². The van der Waals surface area contributed by atoms with E-state index in [2.05, 4.69) is 22.0 Å². The molecular weight excluding hydrogens is 322 g/mol. The third-order valence-corrected chi connectivity index (χ3v) is 4.87. The monoisotopic (exact) mass is 341 g/mol. The van der Waals surface area contributed by atoms with Crippen LogP contribution in [0.15, 0.2) is 42.5 Å². The highest BCUT2D eigenvalue weighted by Gasteiger charge is 2.35. The Kier molecular flexibility index (Phi) is 5.03. The molecule has 0 saturated carbocycles. The quantitative estimate of drug-likeness (QED) is 0.925. The molecule has 0 bridgehead atoms. The molecule has 1 aromatic carbocycles. The lowest BCUT2D eigenvalue weighted by atomic mass is 9.75. The number of pyridine rings is 1. The Hall–Kier alpha value is -2.09. The second-order valence-electron chi connectivity index (χ2n) is 6.48. The molecule has 0 amide bonds. The molecule has 4 nitrogen and oxygen atoms in total. The second kappa shape index (κ2) is 7.21. The number of rotatable bonds is 4. The van der Waals surface area contributed by atoms with Crippen LogP contribution in [0.25, 0.3) is 0 Å². The van der Waals surface area contributed by atoms with Gasteiger partial charge in [0.05, 0.1) is 6.61 Å². The second-order valence-corrected chi connectivity index (χ2v) is 6.92. The minimum atomic E-state index is -0.215. The number of nitriles is 1. The van der Waals surface area contributed by atoms with Crippen molar-refractivity contribution in [2.24, 2.45) is 5.41 Å². The number of hydrogen-bond acceptors (Lipinski definition) is 4. The van der Waals surface area contributed by atoms with Crippen molar-refractivity contribution in [2.75, 3.05) is 24.6 Å². The summed E-state index contributed by atoms with van der Waals surface area (Å²) in [5.74, 6) is 0.803. The van der Waals surface area contributed by atoms with E-state index in [4.69, 9.17) is 16.9 Å². The van der Waals surface area contributed by atoms with Crippen LogP contribution < -0.4 is 4.90 Å². The van der Waals surface area contributed by atoms with Gasteiger partial charge in [-0.25, -0.2) is 4.98 Å². The van der Waals surface area contributed by atoms with E-state index in [9.17, 15) is 5.11 Å². The first-order valence-electron chi connectivity index (χ1n) is 8.12. The van der Waals surface area contributed by atoms with Gasteiger partial charge >= 0.3 is 0 Å². The average molecular weight is 342 g/mol. The Morgan fingerprint density at radius 1 is 1.29 bits per heavy atom. The third kappa shape index (κ3) is 3.69.